The van der Waals surface area contributed by atoms with Gasteiger partial charge in [-0.2, -0.15) is 8.42 Å². The van der Waals surface area contributed by atoms with Gasteiger partial charge in [-0.3, -0.25) is 14.1 Å². The minimum atomic E-state index is -4.56. The Bertz CT molecular complexity index is 663. The Morgan fingerprint density at radius 1 is 1.48 bits per heavy atom. The van der Waals surface area contributed by atoms with E-state index < -0.39 is 28.3 Å². The van der Waals surface area contributed by atoms with E-state index in [0.29, 0.717) is 10.7 Å². The van der Waals surface area contributed by atoms with Gasteiger partial charge in [0, 0.05) is 6.54 Å². The number of β-lactam (4-membered cyclic amide) rings is 1. The molecule has 21 heavy (non-hydrogen) atoms. The van der Waals surface area contributed by atoms with Crippen LogP contribution in [0.25, 0.3) is 0 Å². The Kier molecular flexibility index (Phi) is 4.35. The van der Waals surface area contributed by atoms with Crippen LogP contribution in [0.5, 0.6) is 0 Å². The molecule has 0 saturated carbocycles. The van der Waals surface area contributed by atoms with Gasteiger partial charge in [-0.15, -0.1) is 5.10 Å². The van der Waals surface area contributed by atoms with E-state index in [9.17, 15) is 18.0 Å². The first-order chi connectivity index (χ1) is 9.39. The van der Waals surface area contributed by atoms with Crippen LogP contribution in [0.1, 0.15) is 6.42 Å². The third-order valence-electron chi connectivity index (χ3n) is 3.40. The zero-order chi connectivity index (χ0) is 14.5. The first kappa shape index (κ1) is 16.3. The fraction of sp³-hybridized carbons (Fsp3) is 0.625. The fourth-order valence-electron chi connectivity index (χ4n) is 2.58. The number of carbonyl (C=O) groups is 2. The molecule has 0 bridgehead atoms. The molecule has 3 heterocycles. The summed E-state index contributed by atoms with van der Waals surface area (Å²) in [4.78, 5) is 25.1. The number of hydrogen-bond donors (Lipinski definition) is 1. The number of amides is 2. The fourth-order valence-corrected chi connectivity index (χ4v) is 3.48. The van der Waals surface area contributed by atoms with Crippen LogP contribution in [0.3, 0.4) is 0 Å². The molecule has 0 aliphatic carbocycles. The predicted octanol–water partition coefficient (Wildman–Crippen LogP) is -3.36. The molecule has 2 aliphatic rings. The van der Waals surface area contributed by atoms with Gasteiger partial charge in [-0.05, 0) is 16.8 Å². The number of likely N-dealkylation sites (tertiary alicyclic amines) is 1. The first-order valence-corrected chi connectivity index (χ1v) is 7.10. The topological polar surface area (TPSA) is 139 Å². The van der Waals surface area contributed by atoms with E-state index in [1.54, 1.807) is 0 Å². The van der Waals surface area contributed by atoms with Crippen LogP contribution in [-0.4, -0.2) is 102 Å². The molecule has 2 saturated heterocycles. The van der Waals surface area contributed by atoms with Gasteiger partial charge in [-0.25, -0.2) is 8.99 Å². The molecule has 2 atom stereocenters. The number of rotatable bonds is 3. The van der Waals surface area contributed by atoms with Gasteiger partial charge >= 0.3 is 39.9 Å². The molecule has 0 aromatic carbocycles. The number of nitrogens with zero attached hydrogens (tertiary/aromatic N) is 6. The Hall–Kier alpha value is -1.08. The van der Waals surface area contributed by atoms with Crippen molar-refractivity contribution in [2.45, 2.75) is 25.0 Å². The Balaban J connectivity index is 0.00000161. The molecule has 11 nitrogen and oxygen atoms in total. The molecule has 13 heteroatoms. The maximum absolute atomic E-state index is 12.0. The van der Waals surface area contributed by atoms with Crippen LogP contribution < -0.4 is 0 Å². The van der Waals surface area contributed by atoms with E-state index in [-0.39, 0.29) is 48.6 Å². The molecule has 0 spiro atoms. The van der Waals surface area contributed by atoms with Gasteiger partial charge < -0.3 is 4.90 Å². The summed E-state index contributed by atoms with van der Waals surface area (Å²) in [6, 6.07) is -1.52. The quantitative estimate of drug-likeness (QED) is 0.345. The van der Waals surface area contributed by atoms with E-state index in [0.717, 1.165) is 0 Å². The second-order valence-corrected chi connectivity index (χ2v) is 5.80. The van der Waals surface area contributed by atoms with Crippen LogP contribution in [0.2, 0.25) is 0 Å². The van der Waals surface area contributed by atoms with Crippen molar-refractivity contribution in [3.63, 3.8) is 0 Å². The zero-order valence-corrected chi connectivity index (χ0v) is 10.8. The van der Waals surface area contributed by atoms with Crippen LogP contribution in [0.15, 0.2) is 6.33 Å². The summed E-state index contributed by atoms with van der Waals surface area (Å²) in [5, 5.41) is 10.3. The van der Waals surface area contributed by atoms with Crippen molar-refractivity contribution < 1.29 is 22.6 Å². The van der Waals surface area contributed by atoms with Crippen molar-refractivity contribution in [2.75, 3.05) is 6.54 Å². The molecule has 3 rings (SSSR count). The van der Waals surface area contributed by atoms with Crippen molar-refractivity contribution in [1.29, 1.82) is 0 Å². The van der Waals surface area contributed by atoms with Gasteiger partial charge in [0.15, 0.2) is 0 Å². The normalized spacial score (nSPS) is 24.3. The average Bonchev–Trinajstić information content (AvgIpc) is 2.93. The van der Waals surface area contributed by atoms with Crippen LogP contribution in [-0.2, 0) is 26.4 Å². The van der Waals surface area contributed by atoms with Crippen molar-refractivity contribution in [1.82, 2.24) is 29.4 Å². The Labute approximate surface area is 141 Å². The van der Waals surface area contributed by atoms with Crippen molar-refractivity contribution >= 4 is 51.7 Å². The second kappa shape index (κ2) is 5.61. The molecule has 110 valence electrons. The van der Waals surface area contributed by atoms with E-state index >= 15 is 0 Å². The van der Waals surface area contributed by atoms with E-state index in [1.165, 1.54) is 15.9 Å². The van der Waals surface area contributed by atoms with Crippen molar-refractivity contribution in [3.05, 3.63) is 6.33 Å². The number of hydrogen-bond acceptors (Lipinski definition) is 7. The number of fused-ring (bicyclic) bond motifs is 1. The molecule has 2 aliphatic heterocycles. The number of carbonyl (C=O) groups excluding carboxylic acids is 2. The molecular formula is C8H11N6NaO5S. The molecule has 0 unspecified atom stereocenters. The molecule has 0 radical (unpaired) electrons. The van der Waals surface area contributed by atoms with Crippen LogP contribution in [0.4, 0.5) is 0 Å². The van der Waals surface area contributed by atoms with Crippen LogP contribution >= 0.6 is 0 Å². The van der Waals surface area contributed by atoms with Gasteiger partial charge in [0.1, 0.15) is 18.9 Å². The summed E-state index contributed by atoms with van der Waals surface area (Å²) in [5.74, 6) is -1.17. The standard InChI is InChI=1S/C8H10N6O5S.Na.H/c15-6(3-12-4-9-10-11-12)13-2-1-5-7(13)8(16)14(5)20(17,18)19;;/h4-5,7H,1-3H2,(H,17,18,19);;/t5-,7+;;/m1../s1. The summed E-state index contributed by atoms with van der Waals surface area (Å²) in [7, 11) is -4.56. The molecule has 2 amide bonds. The van der Waals surface area contributed by atoms with Crippen molar-refractivity contribution in [2.24, 2.45) is 0 Å². The predicted molar refractivity (Wildman–Crippen MR) is 67.3 cm³/mol. The summed E-state index contributed by atoms with van der Waals surface area (Å²) in [5.41, 5.74) is 0. The van der Waals surface area contributed by atoms with Crippen LogP contribution in [0, 0.1) is 0 Å². The Morgan fingerprint density at radius 3 is 2.76 bits per heavy atom. The Morgan fingerprint density at radius 2 is 2.19 bits per heavy atom. The third kappa shape index (κ3) is 2.68. The summed E-state index contributed by atoms with van der Waals surface area (Å²) in [6.45, 7) is 0.115. The zero-order valence-electron chi connectivity index (χ0n) is 10.0. The van der Waals surface area contributed by atoms with E-state index in [1.807, 2.05) is 0 Å². The summed E-state index contributed by atoms with van der Waals surface area (Å²) in [6.07, 6.45) is 1.57. The monoisotopic (exact) mass is 326 g/mol. The van der Waals surface area contributed by atoms with Gasteiger partial charge in [0.05, 0.1) is 6.04 Å². The molecular weight excluding hydrogens is 315 g/mol. The number of aromatic nitrogens is 4. The van der Waals surface area contributed by atoms with Gasteiger partial charge in [0.2, 0.25) is 5.91 Å². The minimum absolute atomic E-state index is 0. The average molecular weight is 326 g/mol. The van der Waals surface area contributed by atoms with E-state index in [4.69, 9.17) is 4.55 Å². The summed E-state index contributed by atoms with van der Waals surface area (Å²) < 4.78 is 32.6. The number of tetrazole rings is 1. The van der Waals surface area contributed by atoms with Gasteiger partial charge in [-0.1, -0.05) is 0 Å². The third-order valence-corrected chi connectivity index (χ3v) is 4.34. The molecule has 1 aromatic rings. The molecule has 1 N–H and O–H groups in total. The van der Waals surface area contributed by atoms with Crippen molar-refractivity contribution in [3.8, 4) is 0 Å². The van der Waals surface area contributed by atoms with E-state index in [2.05, 4.69) is 15.5 Å². The molecule has 1 aromatic heterocycles. The molecule has 2 fully saturated rings. The maximum atomic E-state index is 12.0. The first-order valence-electron chi connectivity index (χ1n) is 5.70. The summed E-state index contributed by atoms with van der Waals surface area (Å²) >= 11 is 0. The van der Waals surface area contributed by atoms with Gasteiger partial charge in [0.25, 0.3) is 5.91 Å². The second-order valence-electron chi connectivity index (χ2n) is 4.51. The SMILES string of the molecule is O=C(Cn1cnnn1)N1CC[C@@H]2[C@H]1C(=O)N2S(=O)(=O)O.[NaH].